The zero-order chi connectivity index (χ0) is 18.4. The number of anilines is 2. The third-order valence-corrected chi connectivity index (χ3v) is 3.85. The van der Waals surface area contributed by atoms with Gasteiger partial charge in [-0.25, -0.2) is 0 Å². The van der Waals surface area contributed by atoms with E-state index in [0.717, 1.165) is 29.9 Å². The Morgan fingerprint density at radius 2 is 1.80 bits per heavy atom. The molecule has 25 heavy (non-hydrogen) atoms. The molecule has 0 atom stereocenters. The monoisotopic (exact) mass is 350 g/mol. The lowest BCUT2D eigenvalue weighted by Crippen LogP contribution is -2.27. The number of nitrogens with one attached hydrogen (secondary N) is 1. The Hall–Kier alpha value is -2.50. The van der Waals surface area contributed by atoms with Crippen LogP contribution in [0, 0.1) is 6.92 Å². The summed E-state index contributed by atoms with van der Waals surface area (Å²) in [5, 5.41) is 2.63. The van der Waals surface area contributed by atoms with Gasteiger partial charge in [0.25, 0.3) is 0 Å². The summed E-state index contributed by atoms with van der Waals surface area (Å²) < 4.78 is 37.6. The van der Waals surface area contributed by atoms with Gasteiger partial charge in [0.05, 0.1) is 5.56 Å². The molecule has 2 aromatic carbocycles. The molecule has 0 spiro atoms. The number of hydrogen-bond acceptors (Lipinski definition) is 2. The van der Waals surface area contributed by atoms with Crippen LogP contribution in [0.1, 0.15) is 24.5 Å². The maximum Gasteiger partial charge on any atom is 0.416 e. The second kappa shape index (κ2) is 8.05. The zero-order valence-electron chi connectivity index (χ0n) is 14.2. The van der Waals surface area contributed by atoms with Crippen LogP contribution in [0.5, 0.6) is 0 Å². The van der Waals surface area contributed by atoms with Crippen molar-refractivity contribution in [3.05, 3.63) is 59.7 Å². The molecule has 0 radical (unpaired) electrons. The van der Waals surface area contributed by atoms with Gasteiger partial charge in [-0.3, -0.25) is 4.79 Å². The predicted molar refractivity (Wildman–Crippen MR) is 93.8 cm³/mol. The van der Waals surface area contributed by atoms with E-state index in [9.17, 15) is 18.0 Å². The number of halogens is 3. The number of nitrogens with zero attached hydrogens (tertiary/aromatic N) is 1. The van der Waals surface area contributed by atoms with E-state index < -0.39 is 11.7 Å². The molecule has 0 aromatic heterocycles. The predicted octanol–water partition coefficient (Wildman–Crippen LogP) is 4.87. The summed E-state index contributed by atoms with van der Waals surface area (Å²) in [6.07, 6.45) is -4.12. The van der Waals surface area contributed by atoms with Gasteiger partial charge in [0, 0.05) is 30.9 Å². The first-order chi connectivity index (χ1) is 11.8. The lowest BCUT2D eigenvalue weighted by atomic mass is 10.2. The number of hydrogen-bond donors (Lipinski definition) is 1. The van der Waals surface area contributed by atoms with E-state index in [2.05, 4.69) is 16.3 Å². The fourth-order valence-electron chi connectivity index (χ4n) is 2.50. The molecule has 2 rings (SSSR count). The number of benzene rings is 2. The first kappa shape index (κ1) is 18.8. The molecule has 0 bridgehead atoms. The van der Waals surface area contributed by atoms with Crippen LogP contribution >= 0.6 is 0 Å². The molecule has 6 heteroatoms. The number of aryl methyl sites for hydroxylation is 1. The SMILES string of the molecule is CCN(CCC(=O)Nc1ccc(C(F)(F)F)cc1)c1cccc(C)c1. The summed E-state index contributed by atoms with van der Waals surface area (Å²) in [5.41, 5.74) is 1.81. The maximum atomic E-state index is 12.5. The minimum atomic E-state index is -4.38. The lowest BCUT2D eigenvalue weighted by Gasteiger charge is -2.23. The smallest absolute Gasteiger partial charge is 0.371 e. The Bertz CT molecular complexity index is 711. The van der Waals surface area contributed by atoms with Gasteiger partial charge >= 0.3 is 6.18 Å². The quantitative estimate of drug-likeness (QED) is 0.806. The Balaban J connectivity index is 1.91. The van der Waals surface area contributed by atoms with Crippen molar-refractivity contribution in [3.8, 4) is 0 Å². The number of alkyl halides is 3. The van der Waals surface area contributed by atoms with Gasteiger partial charge in [-0.15, -0.1) is 0 Å². The molecular weight excluding hydrogens is 329 g/mol. The Morgan fingerprint density at radius 1 is 1.12 bits per heavy atom. The summed E-state index contributed by atoms with van der Waals surface area (Å²) in [6.45, 7) is 5.31. The van der Waals surface area contributed by atoms with Crippen LogP contribution in [0.25, 0.3) is 0 Å². The lowest BCUT2D eigenvalue weighted by molar-refractivity contribution is -0.137. The summed E-state index contributed by atoms with van der Waals surface area (Å²) in [4.78, 5) is 14.1. The average molecular weight is 350 g/mol. The summed E-state index contributed by atoms with van der Waals surface area (Å²) in [5.74, 6) is -0.231. The molecule has 0 aliphatic carbocycles. The molecule has 0 saturated heterocycles. The molecule has 1 N–H and O–H groups in total. The Morgan fingerprint density at radius 3 is 2.36 bits per heavy atom. The van der Waals surface area contributed by atoms with Crippen molar-refractivity contribution in [1.82, 2.24) is 0 Å². The molecule has 0 aliphatic rings. The highest BCUT2D eigenvalue weighted by molar-refractivity contribution is 5.91. The summed E-state index contributed by atoms with van der Waals surface area (Å²) in [7, 11) is 0. The van der Waals surface area contributed by atoms with Crippen LogP contribution in [0.2, 0.25) is 0 Å². The maximum absolute atomic E-state index is 12.5. The van der Waals surface area contributed by atoms with Crippen LogP contribution in [0.3, 0.4) is 0 Å². The van der Waals surface area contributed by atoms with Gasteiger partial charge in [0.15, 0.2) is 0 Å². The van der Waals surface area contributed by atoms with Crippen molar-refractivity contribution in [3.63, 3.8) is 0 Å². The highest BCUT2D eigenvalue weighted by Crippen LogP contribution is 2.29. The highest BCUT2D eigenvalue weighted by atomic mass is 19.4. The number of rotatable bonds is 6. The van der Waals surface area contributed by atoms with Crippen molar-refractivity contribution in [2.24, 2.45) is 0 Å². The molecular formula is C19H21F3N2O. The first-order valence-corrected chi connectivity index (χ1v) is 8.08. The number of carbonyl (C=O) groups excluding carboxylic acids is 1. The zero-order valence-corrected chi connectivity index (χ0v) is 14.2. The topological polar surface area (TPSA) is 32.3 Å². The normalized spacial score (nSPS) is 11.2. The van der Waals surface area contributed by atoms with Gasteiger partial charge in [-0.1, -0.05) is 12.1 Å². The second-order valence-electron chi connectivity index (χ2n) is 5.79. The third-order valence-electron chi connectivity index (χ3n) is 3.85. The highest BCUT2D eigenvalue weighted by Gasteiger charge is 2.29. The van der Waals surface area contributed by atoms with Crippen LogP contribution in [-0.2, 0) is 11.0 Å². The average Bonchev–Trinajstić information content (AvgIpc) is 2.55. The van der Waals surface area contributed by atoms with E-state index in [0.29, 0.717) is 12.2 Å². The number of carbonyl (C=O) groups is 1. The molecule has 0 heterocycles. The van der Waals surface area contributed by atoms with Crippen LogP contribution in [-0.4, -0.2) is 19.0 Å². The van der Waals surface area contributed by atoms with Crippen LogP contribution in [0.4, 0.5) is 24.5 Å². The fraction of sp³-hybridized carbons (Fsp3) is 0.316. The van der Waals surface area contributed by atoms with E-state index in [1.54, 1.807) is 0 Å². The van der Waals surface area contributed by atoms with E-state index in [1.807, 2.05) is 32.0 Å². The van der Waals surface area contributed by atoms with Gasteiger partial charge < -0.3 is 10.2 Å². The third kappa shape index (κ3) is 5.52. The van der Waals surface area contributed by atoms with Crippen molar-refractivity contribution in [2.45, 2.75) is 26.4 Å². The van der Waals surface area contributed by atoms with Gasteiger partial charge in [0.2, 0.25) is 5.91 Å². The molecule has 0 unspecified atom stereocenters. The standard InChI is InChI=1S/C19H21F3N2O/c1-3-24(17-6-4-5-14(2)13-17)12-11-18(25)23-16-9-7-15(8-10-16)19(20,21)22/h4-10,13H,3,11-12H2,1-2H3,(H,23,25). The molecule has 0 fully saturated rings. The second-order valence-corrected chi connectivity index (χ2v) is 5.79. The van der Waals surface area contributed by atoms with Gasteiger partial charge in [-0.2, -0.15) is 13.2 Å². The molecule has 134 valence electrons. The van der Waals surface area contributed by atoms with Crippen molar-refractivity contribution >= 4 is 17.3 Å². The fourth-order valence-corrected chi connectivity index (χ4v) is 2.50. The Labute approximate surface area is 145 Å². The molecule has 1 amide bonds. The Kier molecular flexibility index (Phi) is 6.07. The summed E-state index contributed by atoms with van der Waals surface area (Å²) in [6, 6.07) is 12.5. The van der Waals surface area contributed by atoms with Gasteiger partial charge in [0.1, 0.15) is 0 Å². The molecule has 3 nitrogen and oxygen atoms in total. The van der Waals surface area contributed by atoms with Crippen molar-refractivity contribution in [1.29, 1.82) is 0 Å². The van der Waals surface area contributed by atoms with Crippen molar-refractivity contribution < 1.29 is 18.0 Å². The minimum absolute atomic E-state index is 0.231. The van der Waals surface area contributed by atoms with E-state index >= 15 is 0 Å². The van der Waals surface area contributed by atoms with Crippen molar-refractivity contribution in [2.75, 3.05) is 23.3 Å². The molecule has 0 saturated carbocycles. The minimum Gasteiger partial charge on any atom is -0.371 e. The van der Waals surface area contributed by atoms with Gasteiger partial charge in [-0.05, 0) is 55.8 Å². The van der Waals surface area contributed by atoms with E-state index in [4.69, 9.17) is 0 Å². The van der Waals surface area contributed by atoms with E-state index in [1.165, 1.54) is 12.1 Å². The number of amides is 1. The molecule has 0 aliphatic heterocycles. The van der Waals surface area contributed by atoms with Crippen LogP contribution in [0.15, 0.2) is 48.5 Å². The van der Waals surface area contributed by atoms with Crippen LogP contribution < -0.4 is 10.2 Å². The summed E-state index contributed by atoms with van der Waals surface area (Å²) >= 11 is 0. The largest absolute Gasteiger partial charge is 0.416 e. The molecule has 2 aromatic rings. The van der Waals surface area contributed by atoms with E-state index in [-0.39, 0.29) is 12.3 Å². The first-order valence-electron chi connectivity index (χ1n) is 8.08.